The van der Waals surface area contributed by atoms with E-state index in [-0.39, 0.29) is 17.5 Å². The van der Waals surface area contributed by atoms with Gasteiger partial charge < -0.3 is 10.2 Å². The van der Waals surface area contributed by atoms with Gasteiger partial charge in [-0.2, -0.15) is 5.26 Å². The number of benzene rings is 1. The fraction of sp³-hybridized carbons (Fsp3) is 0.222. The number of carbonyl (C=O) groups excluding carboxylic acids is 1. The average Bonchev–Trinajstić information content (AvgIpc) is 2.62. The summed E-state index contributed by atoms with van der Waals surface area (Å²) in [5, 5.41) is 12.1. The molecule has 0 saturated heterocycles. The molecule has 0 aliphatic rings. The number of nitriles is 1. The van der Waals surface area contributed by atoms with Gasteiger partial charge in [0, 0.05) is 31.2 Å². The minimum absolute atomic E-state index is 0.00356. The Kier molecular flexibility index (Phi) is 6.66. The molecule has 6 nitrogen and oxygen atoms in total. The van der Waals surface area contributed by atoms with Crippen molar-refractivity contribution in [1.29, 1.82) is 5.26 Å². The second-order valence-corrected chi connectivity index (χ2v) is 6.47. The van der Waals surface area contributed by atoms with Crippen molar-refractivity contribution in [2.75, 3.05) is 5.32 Å². The number of hydrogen-bond donors (Lipinski definition) is 1. The molecule has 0 saturated carbocycles. The van der Waals surface area contributed by atoms with Gasteiger partial charge in [0.1, 0.15) is 11.6 Å². The van der Waals surface area contributed by atoms with E-state index in [1.807, 2.05) is 50.2 Å². The normalized spacial score (nSPS) is 11.1. The number of aromatic nitrogens is 2. The quantitative estimate of drug-likeness (QED) is 0.593. The molecule has 1 aromatic heterocycles. The number of nitrogens with zero attached hydrogens (tertiary/aromatic N) is 4. The summed E-state index contributed by atoms with van der Waals surface area (Å²) in [4.78, 5) is 22.5. The van der Waals surface area contributed by atoms with Crippen molar-refractivity contribution in [3.8, 4) is 6.07 Å². The monoisotopic (exact) mass is 399 g/mol. The highest BCUT2D eigenvalue weighted by atomic mass is 79.9. The Morgan fingerprint density at radius 3 is 2.52 bits per heavy atom. The number of carbonyl (C=O) groups is 1. The summed E-state index contributed by atoms with van der Waals surface area (Å²) in [6, 6.07) is 11.6. The van der Waals surface area contributed by atoms with Crippen LogP contribution in [0.3, 0.4) is 0 Å². The van der Waals surface area contributed by atoms with Gasteiger partial charge in [0.2, 0.25) is 5.95 Å². The molecule has 0 aliphatic heterocycles. The van der Waals surface area contributed by atoms with Gasteiger partial charge in [-0.15, -0.1) is 0 Å². The minimum Gasteiger partial charge on any atom is -0.331 e. The number of halogens is 1. The Hall–Kier alpha value is -2.72. The highest BCUT2D eigenvalue weighted by Gasteiger charge is 2.21. The summed E-state index contributed by atoms with van der Waals surface area (Å²) in [6.07, 6.45) is 4.49. The van der Waals surface area contributed by atoms with Gasteiger partial charge in [0.25, 0.3) is 5.91 Å². The van der Waals surface area contributed by atoms with Crippen molar-refractivity contribution in [2.45, 2.75) is 26.4 Å². The van der Waals surface area contributed by atoms with Crippen LogP contribution >= 0.6 is 15.9 Å². The first kappa shape index (κ1) is 18.6. The zero-order valence-corrected chi connectivity index (χ0v) is 15.6. The van der Waals surface area contributed by atoms with Gasteiger partial charge in [-0.3, -0.25) is 4.79 Å². The van der Waals surface area contributed by atoms with Crippen molar-refractivity contribution in [1.82, 2.24) is 14.9 Å². The van der Waals surface area contributed by atoms with Gasteiger partial charge in [0.05, 0.1) is 4.47 Å². The van der Waals surface area contributed by atoms with Crippen LogP contribution in [-0.4, -0.2) is 26.8 Å². The van der Waals surface area contributed by atoms with E-state index in [2.05, 4.69) is 31.2 Å². The van der Waals surface area contributed by atoms with E-state index in [1.165, 1.54) is 6.20 Å². The van der Waals surface area contributed by atoms with E-state index >= 15 is 0 Å². The van der Waals surface area contributed by atoms with Crippen LogP contribution in [0.5, 0.6) is 0 Å². The summed E-state index contributed by atoms with van der Waals surface area (Å²) in [7, 11) is 0. The third kappa shape index (κ3) is 5.40. The smallest absolute Gasteiger partial charge is 0.266 e. The molecule has 0 aliphatic carbocycles. The third-order valence-electron chi connectivity index (χ3n) is 3.40. The fourth-order valence-corrected chi connectivity index (χ4v) is 2.29. The largest absolute Gasteiger partial charge is 0.331 e. The molecular formula is C18H18BrN5O. The van der Waals surface area contributed by atoms with Gasteiger partial charge >= 0.3 is 0 Å². The number of hydrogen-bond acceptors (Lipinski definition) is 5. The van der Waals surface area contributed by atoms with E-state index < -0.39 is 0 Å². The maximum atomic E-state index is 12.7. The summed E-state index contributed by atoms with van der Waals surface area (Å²) < 4.78 is 0.743. The molecule has 0 spiro atoms. The summed E-state index contributed by atoms with van der Waals surface area (Å²) in [5.74, 6) is -0.0335. The van der Waals surface area contributed by atoms with Gasteiger partial charge in [-0.05, 0) is 35.3 Å². The molecule has 0 unspecified atom stereocenters. The second-order valence-electron chi connectivity index (χ2n) is 5.55. The average molecular weight is 400 g/mol. The lowest BCUT2D eigenvalue weighted by molar-refractivity contribution is -0.129. The first-order chi connectivity index (χ1) is 12.0. The predicted octanol–water partition coefficient (Wildman–Crippen LogP) is 3.50. The van der Waals surface area contributed by atoms with Crippen molar-refractivity contribution < 1.29 is 4.79 Å². The van der Waals surface area contributed by atoms with Crippen LogP contribution < -0.4 is 5.32 Å². The van der Waals surface area contributed by atoms with Gasteiger partial charge in [-0.25, -0.2) is 9.97 Å². The van der Waals surface area contributed by atoms with Crippen molar-refractivity contribution in [2.24, 2.45) is 0 Å². The molecule has 0 atom stereocenters. The van der Waals surface area contributed by atoms with Gasteiger partial charge in [-0.1, -0.05) is 30.3 Å². The molecule has 1 heterocycles. The zero-order valence-electron chi connectivity index (χ0n) is 14.0. The maximum Gasteiger partial charge on any atom is 0.266 e. The van der Waals surface area contributed by atoms with Crippen LogP contribution in [-0.2, 0) is 11.3 Å². The molecule has 7 heteroatoms. The van der Waals surface area contributed by atoms with E-state index in [1.54, 1.807) is 17.3 Å². The number of anilines is 1. The van der Waals surface area contributed by atoms with E-state index in [9.17, 15) is 10.1 Å². The highest BCUT2D eigenvalue weighted by Crippen LogP contribution is 2.13. The maximum absolute atomic E-state index is 12.7. The molecule has 1 amide bonds. The lowest BCUT2D eigenvalue weighted by Gasteiger charge is -2.26. The first-order valence-electron chi connectivity index (χ1n) is 7.70. The Bertz CT molecular complexity index is 781. The van der Waals surface area contributed by atoms with Crippen LogP contribution in [0, 0.1) is 11.3 Å². The van der Waals surface area contributed by atoms with Crippen LogP contribution in [0.15, 0.2) is 59.0 Å². The standard InChI is InChI=1S/C18H18BrN5O/c1-13(2)24(12-14-6-4-3-5-7-14)17(25)15(8-20)9-21-18-22-10-16(19)11-23-18/h3-7,9-11,13H,12H2,1-2H3,(H,21,22,23)/b15-9-. The molecule has 0 fully saturated rings. The molecule has 2 rings (SSSR count). The molecule has 0 bridgehead atoms. The van der Waals surface area contributed by atoms with Crippen LogP contribution in [0.25, 0.3) is 0 Å². The van der Waals surface area contributed by atoms with E-state index in [0.29, 0.717) is 12.5 Å². The third-order valence-corrected chi connectivity index (χ3v) is 3.81. The Labute approximate surface area is 155 Å². The topological polar surface area (TPSA) is 81.9 Å². The summed E-state index contributed by atoms with van der Waals surface area (Å²) >= 11 is 3.25. The molecular weight excluding hydrogens is 382 g/mol. The Morgan fingerprint density at radius 1 is 1.32 bits per heavy atom. The van der Waals surface area contributed by atoms with Gasteiger partial charge in [0.15, 0.2) is 0 Å². The molecule has 128 valence electrons. The molecule has 0 radical (unpaired) electrons. The number of nitrogens with one attached hydrogen (secondary N) is 1. The number of amides is 1. The van der Waals surface area contributed by atoms with Crippen molar-refractivity contribution >= 4 is 27.8 Å². The fourth-order valence-electron chi connectivity index (χ4n) is 2.09. The van der Waals surface area contributed by atoms with Crippen molar-refractivity contribution in [3.05, 3.63) is 64.5 Å². The van der Waals surface area contributed by atoms with Crippen LogP contribution in [0.2, 0.25) is 0 Å². The molecule has 2 aromatic rings. The SMILES string of the molecule is CC(C)N(Cc1ccccc1)C(=O)/C(C#N)=C\Nc1ncc(Br)cn1. The van der Waals surface area contributed by atoms with E-state index in [4.69, 9.17) is 0 Å². The second kappa shape index (κ2) is 8.94. The lowest BCUT2D eigenvalue weighted by atomic mass is 10.1. The molecule has 1 N–H and O–H groups in total. The minimum atomic E-state index is -0.342. The number of rotatable bonds is 6. The Morgan fingerprint density at radius 2 is 1.96 bits per heavy atom. The van der Waals surface area contributed by atoms with E-state index in [0.717, 1.165) is 10.0 Å². The predicted molar refractivity (Wildman–Crippen MR) is 99.2 cm³/mol. The van der Waals surface area contributed by atoms with Crippen LogP contribution in [0.4, 0.5) is 5.95 Å². The lowest BCUT2D eigenvalue weighted by Crippen LogP contribution is -2.37. The summed E-state index contributed by atoms with van der Waals surface area (Å²) in [6.45, 7) is 4.27. The molecule has 25 heavy (non-hydrogen) atoms. The summed E-state index contributed by atoms with van der Waals surface area (Å²) in [5.41, 5.74) is 1.00. The zero-order chi connectivity index (χ0) is 18.2. The molecule has 1 aromatic carbocycles. The highest BCUT2D eigenvalue weighted by molar-refractivity contribution is 9.10. The first-order valence-corrected chi connectivity index (χ1v) is 8.49. The van der Waals surface area contributed by atoms with Crippen molar-refractivity contribution in [3.63, 3.8) is 0 Å². The van der Waals surface area contributed by atoms with Crippen LogP contribution in [0.1, 0.15) is 19.4 Å². The Balaban J connectivity index is 2.15.